The lowest BCUT2D eigenvalue weighted by Crippen LogP contribution is -2.25. The molecule has 2 rings (SSSR count). The van der Waals surface area contributed by atoms with Gasteiger partial charge in [-0.2, -0.15) is 0 Å². The Kier molecular flexibility index (Phi) is 5.98. The first-order valence-electron chi connectivity index (χ1n) is 7.84. The van der Waals surface area contributed by atoms with Gasteiger partial charge in [-0.15, -0.1) is 0 Å². The molecule has 5 nitrogen and oxygen atoms in total. The Hall–Kier alpha value is -2.34. The highest BCUT2D eigenvalue weighted by molar-refractivity contribution is 7.92. The van der Waals surface area contributed by atoms with Crippen molar-refractivity contribution in [3.63, 3.8) is 0 Å². The fraction of sp³-hybridized carbons (Fsp3) is 0.278. The van der Waals surface area contributed by atoms with Gasteiger partial charge in [0, 0.05) is 17.8 Å². The summed E-state index contributed by atoms with van der Waals surface area (Å²) >= 11 is 0. The van der Waals surface area contributed by atoms with E-state index in [2.05, 4.69) is 23.9 Å². The van der Waals surface area contributed by atoms with E-state index in [0.29, 0.717) is 23.7 Å². The van der Waals surface area contributed by atoms with Gasteiger partial charge in [0.15, 0.2) is 0 Å². The lowest BCUT2D eigenvalue weighted by atomic mass is 10.1. The molecule has 0 spiro atoms. The maximum absolute atomic E-state index is 12.2. The van der Waals surface area contributed by atoms with Crippen LogP contribution in [0, 0.1) is 5.92 Å². The first-order chi connectivity index (χ1) is 11.4. The van der Waals surface area contributed by atoms with Gasteiger partial charge in [0.1, 0.15) is 0 Å². The van der Waals surface area contributed by atoms with Gasteiger partial charge in [-0.3, -0.25) is 9.52 Å². The standard InChI is InChI=1S/C18H22N2O3S/c1-14(2)12-13-19-18(21)15-8-10-16(11-9-15)20-24(22,23)17-6-4-3-5-7-17/h3-11,14,20H,12-13H2,1-2H3,(H,19,21). The highest BCUT2D eigenvalue weighted by Gasteiger charge is 2.13. The van der Waals surface area contributed by atoms with Crippen LogP contribution < -0.4 is 10.0 Å². The van der Waals surface area contributed by atoms with Gasteiger partial charge in [0.05, 0.1) is 4.90 Å². The van der Waals surface area contributed by atoms with Crippen molar-refractivity contribution < 1.29 is 13.2 Å². The molecule has 0 bridgehead atoms. The molecule has 0 heterocycles. The number of anilines is 1. The Morgan fingerprint density at radius 2 is 1.62 bits per heavy atom. The summed E-state index contributed by atoms with van der Waals surface area (Å²) < 4.78 is 27.0. The molecule has 0 radical (unpaired) electrons. The quantitative estimate of drug-likeness (QED) is 0.808. The molecule has 0 unspecified atom stereocenters. The highest BCUT2D eigenvalue weighted by atomic mass is 32.2. The van der Waals surface area contributed by atoms with Crippen molar-refractivity contribution in [1.29, 1.82) is 0 Å². The lowest BCUT2D eigenvalue weighted by Gasteiger charge is -2.10. The van der Waals surface area contributed by atoms with E-state index in [4.69, 9.17) is 0 Å². The summed E-state index contributed by atoms with van der Waals surface area (Å²) in [6.45, 7) is 4.82. The Bertz CT molecular complexity index is 770. The summed E-state index contributed by atoms with van der Waals surface area (Å²) in [4.78, 5) is 12.2. The highest BCUT2D eigenvalue weighted by Crippen LogP contribution is 2.16. The molecule has 0 atom stereocenters. The van der Waals surface area contributed by atoms with Gasteiger partial charge < -0.3 is 5.32 Å². The van der Waals surface area contributed by atoms with Crippen molar-refractivity contribution in [2.45, 2.75) is 25.2 Å². The number of carbonyl (C=O) groups is 1. The number of amides is 1. The minimum Gasteiger partial charge on any atom is -0.352 e. The molecule has 0 saturated heterocycles. The third-order valence-electron chi connectivity index (χ3n) is 3.46. The van der Waals surface area contributed by atoms with Crippen LogP contribution in [0.2, 0.25) is 0 Å². The average molecular weight is 346 g/mol. The maximum Gasteiger partial charge on any atom is 0.261 e. The third kappa shape index (κ3) is 5.09. The molecule has 2 N–H and O–H groups in total. The molecular weight excluding hydrogens is 324 g/mol. The molecule has 0 aromatic heterocycles. The van der Waals surface area contributed by atoms with E-state index >= 15 is 0 Å². The van der Waals surface area contributed by atoms with Crippen LogP contribution in [0.5, 0.6) is 0 Å². The summed E-state index contributed by atoms with van der Waals surface area (Å²) in [6, 6.07) is 14.5. The summed E-state index contributed by atoms with van der Waals surface area (Å²) in [5, 5.41) is 2.85. The fourth-order valence-electron chi connectivity index (χ4n) is 2.08. The summed E-state index contributed by atoms with van der Waals surface area (Å²) in [5.41, 5.74) is 0.916. The second-order valence-corrected chi connectivity index (χ2v) is 7.62. The van der Waals surface area contributed by atoms with Crippen LogP contribution in [0.25, 0.3) is 0 Å². The summed E-state index contributed by atoms with van der Waals surface area (Å²) in [6.07, 6.45) is 0.917. The van der Waals surface area contributed by atoms with Crippen molar-refractivity contribution in [2.75, 3.05) is 11.3 Å². The van der Waals surface area contributed by atoms with E-state index in [-0.39, 0.29) is 10.8 Å². The molecule has 24 heavy (non-hydrogen) atoms. The lowest BCUT2D eigenvalue weighted by molar-refractivity contribution is 0.0952. The second kappa shape index (κ2) is 7.97. The normalized spacial score (nSPS) is 11.3. The van der Waals surface area contributed by atoms with Crippen LogP contribution in [-0.2, 0) is 10.0 Å². The van der Waals surface area contributed by atoms with Crippen LogP contribution in [0.4, 0.5) is 5.69 Å². The predicted octanol–water partition coefficient (Wildman–Crippen LogP) is 3.26. The summed E-state index contributed by atoms with van der Waals surface area (Å²) in [5.74, 6) is 0.369. The minimum atomic E-state index is -3.62. The predicted molar refractivity (Wildman–Crippen MR) is 95.5 cm³/mol. The van der Waals surface area contributed by atoms with Crippen LogP contribution in [0.15, 0.2) is 59.5 Å². The zero-order chi connectivity index (χ0) is 17.6. The fourth-order valence-corrected chi connectivity index (χ4v) is 3.16. The Morgan fingerprint density at radius 3 is 2.21 bits per heavy atom. The SMILES string of the molecule is CC(C)CCNC(=O)c1ccc(NS(=O)(=O)c2ccccc2)cc1. The van der Waals surface area contributed by atoms with Crippen molar-refractivity contribution in [2.24, 2.45) is 5.92 Å². The van der Waals surface area contributed by atoms with Crippen molar-refractivity contribution >= 4 is 21.6 Å². The van der Waals surface area contributed by atoms with Crippen molar-refractivity contribution in [1.82, 2.24) is 5.32 Å². The van der Waals surface area contributed by atoms with E-state index in [1.54, 1.807) is 42.5 Å². The first kappa shape index (κ1) is 18.0. The molecule has 2 aromatic rings. The van der Waals surface area contributed by atoms with Crippen molar-refractivity contribution in [3.8, 4) is 0 Å². The van der Waals surface area contributed by atoms with E-state index < -0.39 is 10.0 Å². The minimum absolute atomic E-state index is 0.159. The molecule has 2 aromatic carbocycles. The number of nitrogens with one attached hydrogen (secondary N) is 2. The zero-order valence-corrected chi connectivity index (χ0v) is 14.6. The smallest absolute Gasteiger partial charge is 0.261 e. The molecule has 6 heteroatoms. The topological polar surface area (TPSA) is 75.3 Å². The Labute approximate surface area is 143 Å². The van der Waals surface area contributed by atoms with Crippen LogP contribution in [0.3, 0.4) is 0 Å². The van der Waals surface area contributed by atoms with E-state index in [9.17, 15) is 13.2 Å². The molecule has 0 aliphatic carbocycles. The largest absolute Gasteiger partial charge is 0.352 e. The Morgan fingerprint density at radius 1 is 1.00 bits per heavy atom. The Balaban J connectivity index is 2.01. The van der Waals surface area contributed by atoms with Crippen LogP contribution in [-0.4, -0.2) is 20.9 Å². The van der Waals surface area contributed by atoms with Gasteiger partial charge in [0.25, 0.3) is 15.9 Å². The van der Waals surface area contributed by atoms with Crippen LogP contribution >= 0.6 is 0 Å². The van der Waals surface area contributed by atoms with Gasteiger partial charge in [-0.1, -0.05) is 32.0 Å². The zero-order valence-electron chi connectivity index (χ0n) is 13.8. The maximum atomic E-state index is 12.2. The molecular formula is C18H22N2O3S. The number of hydrogen-bond donors (Lipinski definition) is 2. The van der Waals surface area contributed by atoms with E-state index in [0.717, 1.165) is 6.42 Å². The van der Waals surface area contributed by atoms with Crippen molar-refractivity contribution in [3.05, 3.63) is 60.2 Å². The van der Waals surface area contributed by atoms with Crippen LogP contribution in [0.1, 0.15) is 30.6 Å². The molecule has 0 fully saturated rings. The first-order valence-corrected chi connectivity index (χ1v) is 9.33. The number of sulfonamides is 1. The molecule has 0 aliphatic rings. The number of benzene rings is 2. The van der Waals surface area contributed by atoms with Gasteiger partial charge >= 0.3 is 0 Å². The number of carbonyl (C=O) groups excluding carboxylic acids is 1. The van der Waals surface area contributed by atoms with Gasteiger partial charge in [-0.25, -0.2) is 8.42 Å². The van der Waals surface area contributed by atoms with Gasteiger partial charge in [-0.05, 0) is 48.7 Å². The molecule has 128 valence electrons. The molecule has 0 saturated carbocycles. The van der Waals surface area contributed by atoms with Gasteiger partial charge in [0.2, 0.25) is 0 Å². The second-order valence-electron chi connectivity index (χ2n) is 5.93. The van der Waals surface area contributed by atoms with E-state index in [1.165, 1.54) is 12.1 Å². The summed E-state index contributed by atoms with van der Waals surface area (Å²) in [7, 11) is -3.62. The van der Waals surface area contributed by atoms with E-state index in [1.807, 2.05) is 0 Å². The monoisotopic (exact) mass is 346 g/mol. The molecule has 1 amide bonds. The number of hydrogen-bond acceptors (Lipinski definition) is 3. The number of rotatable bonds is 7. The molecule has 0 aliphatic heterocycles. The third-order valence-corrected chi connectivity index (χ3v) is 4.86. The average Bonchev–Trinajstić information content (AvgIpc) is 2.55.